The van der Waals surface area contributed by atoms with Crippen molar-refractivity contribution in [3.05, 3.63) is 34.6 Å². The Kier molecular flexibility index (Phi) is 3.06. The standard InChI is InChI=1S/C13H13N5OS/c1-17-12(19)7-9(14-13(17)20-3)8-4-5-11-10(6-8)15-16-18(11)2/h4-7H,1-3H3. The summed E-state index contributed by atoms with van der Waals surface area (Å²) in [4.78, 5) is 16.4. The van der Waals surface area contributed by atoms with Crippen LogP contribution in [0, 0.1) is 0 Å². The minimum atomic E-state index is -0.0707. The molecule has 0 atom stereocenters. The molecule has 0 spiro atoms. The second kappa shape index (κ2) is 4.75. The van der Waals surface area contributed by atoms with Crippen molar-refractivity contribution < 1.29 is 0 Å². The fraction of sp³-hybridized carbons (Fsp3) is 0.231. The second-order valence-corrected chi connectivity index (χ2v) is 5.22. The summed E-state index contributed by atoms with van der Waals surface area (Å²) in [7, 11) is 3.56. The fourth-order valence-electron chi connectivity index (χ4n) is 2.05. The van der Waals surface area contributed by atoms with Crippen molar-refractivity contribution in [3.8, 4) is 11.3 Å². The number of benzene rings is 1. The molecule has 0 fully saturated rings. The minimum absolute atomic E-state index is 0.0707. The Morgan fingerprint density at radius 2 is 2.00 bits per heavy atom. The molecule has 0 aliphatic carbocycles. The molecule has 0 aliphatic rings. The molecule has 7 heteroatoms. The van der Waals surface area contributed by atoms with Crippen LogP contribution in [0.15, 0.2) is 34.2 Å². The van der Waals surface area contributed by atoms with Crippen LogP contribution >= 0.6 is 11.8 Å². The van der Waals surface area contributed by atoms with E-state index in [0.29, 0.717) is 10.9 Å². The minimum Gasteiger partial charge on any atom is -0.291 e. The topological polar surface area (TPSA) is 65.6 Å². The van der Waals surface area contributed by atoms with Crippen LogP contribution in [-0.2, 0) is 14.1 Å². The van der Waals surface area contributed by atoms with Gasteiger partial charge in [0.15, 0.2) is 5.16 Å². The first-order valence-corrected chi connectivity index (χ1v) is 7.24. The van der Waals surface area contributed by atoms with Gasteiger partial charge in [0, 0.05) is 25.7 Å². The summed E-state index contributed by atoms with van der Waals surface area (Å²) in [5, 5.41) is 8.74. The van der Waals surface area contributed by atoms with Gasteiger partial charge in [-0.1, -0.05) is 23.0 Å². The van der Waals surface area contributed by atoms with E-state index >= 15 is 0 Å². The van der Waals surface area contributed by atoms with Gasteiger partial charge in [-0.05, 0) is 18.4 Å². The molecule has 102 valence electrons. The van der Waals surface area contributed by atoms with Crippen LogP contribution in [0.3, 0.4) is 0 Å². The maximum atomic E-state index is 11.9. The van der Waals surface area contributed by atoms with E-state index in [4.69, 9.17) is 0 Å². The summed E-state index contributed by atoms with van der Waals surface area (Å²) in [5.74, 6) is 0. The number of aryl methyl sites for hydroxylation is 1. The van der Waals surface area contributed by atoms with Crippen molar-refractivity contribution in [1.29, 1.82) is 0 Å². The number of fused-ring (bicyclic) bond motifs is 1. The van der Waals surface area contributed by atoms with E-state index in [2.05, 4.69) is 15.3 Å². The van der Waals surface area contributed by atoms with Crippen LogP contribution in [0.4, 0.5) is 0 Å². The van der Waals surface area contributed by atoms with Gasteiger partial charge in [0.05, 0.1) is 11.2 Å². The van der Waals surface area contributed by atoms with E-state index in [9.17, 15) is 4.79 Å². The molecule has 2 heterocycles. The van der Waals surface area contributed by atoms with Crippen molar-refractivity contribution in [1.82, 2.24) is 24.5 Å². The Bertz CT molecular complexity index is 852. The van der Waals surface area contributed by atoms with Crippen molar-refractivity contribution in [2.24, 2.45) is 14.1 Å². The largest absolute Gasteiger partial charge is 0.291 e. The molecule has 3 rings (SSSR count). The number of thioether (sulfide) groups is 1. The monoisotopic (exact) mass is 287 g/mol. The number of hydrogen-bond donors (Lipinski definition) is 0. The van der Waals surface area contributed by atoms with Crippen LogP contribution < -0.4 is 5.56 Å². The molecule has 20 heavy (non-hydrogen) atoms. The zero-order valence-corrected chi connectivity index (χ0v) is 12.2. The van der Waals surface area contributed by atoms with Crippen molar-refractivity contribution >= 4 is 22.8 Å². The smallest absolute Gasteiger partial charge is 0.254 e. The Balaban J connectivity index is 2.20. The molecule has 0 bridgehead atoms. The predicted molar refractivity (Wildman–Crippen MR) is 78.8 cm³/mol. The molecule has 0 saturated carbocycles. The first-order valence-electron chi connectivity index (χ1n) is 6.02. The molecule has 0 radical (unpaired) electrons. The van der Waals surface area contributed by atoms with Crippen LogP contribution in [0.5, 0.6) is 0 Å². The molecule has 0 aliphatic heterocycles. The molecule has 2 aromatic heterocycles. The maximum Gasteiger partial charge on any atom is 0.254 e. The van der Waals surface area contributed by atoms with Gasteiger partial charge in [-0.3, -0.25) is 9.36 Å². The molecule has 3 aromatic rings. The molecule has 0 amide bonds. The maximum absolute atomic E-state index is 11.9. The average Bonchev–Trinajstić information content (AvgIpc) is 2.83. The first kappa shape index (κ1) is 12.9. The third-order valence-corrected chi connectivity index (χ3v) is 3.91. The van der Waals surface area contributed by atoms with Crippen LogP contribution in [0.2, 0.25) is 0 Å². The van der Waals surface area contributed by atoms with E-state index in [-0.39, 0.29) is 5.56 Å². The molecule has 6 nitrogen and oxygen atoms in total. The summed E-state index contributed by atoms with van der Waals surface area (Å²) in [6.45, 7) is 0. The van der Waals surface area contributed by atoms with Gasteiger partial charge in [-0.2, -0.15) is 0 Å². The van der Waals surface area contributed by atoms with Crippen molar-refractivity contribution in [2.45, 2.75) is 5.16 Å². The highest BCUT2D eigenvalue weighted by atomic mass is 32.2. The Morgan fingerprint density at radius 3 is 2.75 bits per heavy atom. The van der Waals surface area contributed by atoms with E-state index < -0.39 is 0 Å². The van der Waals surface area contributed by atoms with Gasteiger partial charge < -0.3 is 0 Å². The molecule has 0 unspecified atom stereocenters. The number of hydrogen-bond acceptors (Lipinski definition) is 5. The summed E-state index contributed by atoms with van der Waals surface area (Å²) in [6, 6.07) is 7.30. The summed E-state index contributed by atoms with van der Waals surface area (Å²) in [6.07, 6.45) is 1.90. The first-order chi connectivity index (χ1) is 9.60. The van der Waals surface area contributed by atoms with Gasteiger partial charge >= 0.3 is 0 Å². The predicted octanol–water partition coefficient (Wildman–Crippen LogP) is 1.45. The lowest BCUT2D eigenvalue weighted by Gasteiger charge is -2.07. The number of nitrogens with zero attached hydrogens (tertiary/aromatic N) is 5. The third-order valence-electron chi connectivity index (χ3n) is 3.18. The van der Waals surface area contributed by atoms with Gasteiger partial charge in [0.2, 0.25) is 0 Å². The third kappa shape index (κ3) is 2.00. The van der Waals surface area contributed by atoms with E-state index in [1.807, 2.05) is 31.5 Å². The summed E-state index contributed by atoms with van der Waals surface area (Å²) >= 11 is 1.45. The van der Waals surface area contributed by atoms with Gasteiger partial charge in [-0.15, -0.1) is 5.10 Å². The van der Waals surface area contributed by atoms with Crippen molar-refractivity contribution in [2.75, 3.05) is 6.26 Å². The van der Waals surface area contributed by atoms with Gasteiger partial charge in [0.25, 0.3) is 5.56 Å². The lowest BCUT2D eigenvalue weighted by Crippen LogP contribution is -2.19. The zero-order chi connectivity index (χ0) is 14.3. The van der Waals surface area contributed by atoms with E-state index in [1.165, 1.54) is 22.4 Å². The molecule has 0 N–H and O–H groups in total. The second-order valence-electron chi connectivity index (χ2n) is 4.44. The quantitative estimate of drug-likeness (QED) is 0.527. The average molecular weight is 287 g/mol. The SMILES string of the molecule is CSc1nc(-c2ccc3c(c2)nnn3C)cc(=O)n1C. The fourth-order valence-corrected chi connectivity index (χ4v) is 2.60. The lowest BCUT2D eigenvalue weighted by atomic mass is 10.1. The van der Waals surface area contributed by atoms with E-state index in [1.54, 1.807) is 11.7 Å². The van der Waals surface area contributed by atoms with Crippen LogP contribution in [0.1, 0.15) is 0 Å². The number of aromatic nitrogens is 5. The van der Waals surface area contributed by atoms with Crippen LogP contribution in [-0.4, -0.2) is 30.8 Å². The Labute approximate surface area is 119 Å². The normalized spacial score (nSPS) is 11.2. The highest BCUT2D eigenvalue weighted by Crippen LogP contribution is 2.22. The van der Waals surface area contributed by atoms with Gasteiger partial charge in [-0.25, -0.2) is 9.67 Å². The Hall–Kier alpha value is -2.15. The molecule has 1 aromatic carbocycles. The molecular formula is C13H13N5OS. The van der Waals surface area contributed by atoms with Crippen LogP contribution in [0.25, 0.3) is 22.3 Å². The highest BCUT2D eigenvalue weighted by molar-refractivity contribution is 7.98. The summed E-state index contributed by atoms with van der Waals surface area (Å²) < 4.78 is 3.25. The van der Waals surface area contributed by atoms with E-state index in [0.717, 1.165) is 16.6 Å². The number of rotatable bonds is 2. The molecular weight excluding hydrogens is 274 g/mol. The highest BCUT2D eigenvalue weighted by Gasteiger charge is 2.09. The van der Waals surface area contributed by atoms with Gasteiger partial charge in [0.1, 0.15) is 5.52 Å². The Morgan fingerprint density at radius 1 is 1.20 bits per heavy atom. The van der Waals surface area contributed by atoms with Crippen molar-refractivity contribution in [3.63, 3.8) is 0 Å². The molecule has 0 saturated heterocycles. The summed E-state index contributed by atoms with van der Waals surface area (Å²) in [5.41, 5.74) is 3.19. The lowest BCUT2D eigenvalue weighted by molar-refractivity contribution is 0.712. The zero-order valence-electron chi connectivity index (χ0n) is 11.4.